The number of thioether (sulfide) groups is 1. The number of aryl methyl sites for hydroxylation is 2. The quantitative estimate of drug-likeness (QED) is 0.649. The Hall–Kier alpha value is -1.69. The van der Waals surface area contributed by atoms with Crippen molar-refractivity contribution in [3.05, 3.63) is 63.1 Å². The summed E-state index contributed by atoms with van der Waals surface area (Å²) in [5, 5.41) is 3.81. The Balaban J connectivity index is 1.71. The predicted octanol–water partition coefficient (Wildman–Crippen LogP) is 5.03. The van der Waals surface area contributed by atoms with Gasteiger partial charge in [0.15, 0.2) is 0 Å². The van der Waals surface area contributed by atoms with Gasteiger partial charge in [0.1, 0.15) is 6.61 Å². The maximum absolute atomic E-state index is 12.0. The minimum absolute atomic E-state index is 0.0736. The molecule has 0 spiro atoms. The van der Waals surface area contributed by atoms with Crippen molar-refractivity contribution in [1.29, 1.82) is 0 Å². The van der Waals surface area contributed by atoms with E-state index in [1.807, 2.05) is 32.0 Å². The van der Waals surface area contributed by atoms with Crippen LogP contribution in [0.15, 0.2) is 36.4 Å². The predicted molar refractivity (Wildman–Crippen MR) is 108 cm³/mol. The number of halogens is 2. The summed E-state index contributed by atoms with van der Waals surface area (Å²) in [5.41, 5.74) is 3.60. The maximum atomic E-state index is 12.0. The van der Waals surface area contributed by atoms with E-state index in [1.54, 1.807) is 18.2 Å². The van der Waals surface area contributed by atoms with E-state index in [2.05, 4.69) is 5.32 Å². The summed E-state index contributed by atoms with van der Waals surface area (Å²) in [5.74, 6) is -0.300. The van der Waals surface area contributed by atoms with Crippen LogP contribution in [0.2, 0.25) is 10.0 Å². The molecular formula is C19H19Cl2NO3S. The highest BCUT2D eigenvalue weighted by Crippen LogP contribution is 2.22. The lowest BCUT2D eigenvalue weighted by molar-refractivity contribution is -0.141. The van der Waals surface area contributed by atoms with E-state index in [1.165, 1.54) is 11.8 Å². The fourth-order valence-electron chi connectivity index (χ4n) is 2.21. The molecule has 2 rings (SSSR count). The topological polar surface area (TPSA) is 55.4 Å². The molecule has 1 amide bonds. The van der Waals surface area contributed by atoms with Crippen molar-refractivity contribution in [2.75, 3.05) is 16.8 Å². The van der Waals surface area contributed by atoms with Crippen LogP contribution in [0.25, 0.3) is 0 Å². The molecule has 0 unspecified atom stereocenters. The molecule has 0 aliphatic rings. The second-order valence-electron chi connectivity index (χ2n) is 5.76. The second kappa shape index (κ2) is 9.86. The van der Waals surface area contributed by atoms with Gasteiger partial charge in [-0.25, -0.2) is 0 Å². The summed E-state index contributed by atoms with van der Waals surface area (Å²) >= 11 is 13.0. The van der Waals surface area contributed by atoms with Crippen LogP contribution in [0, 0.1) is 13.8 Å². The highest BCUT2D eigenvalue weighted by molar-refractivity contribution is 8.00. The van der Waals surface area contributed by atoms with Crippen molar-refractivity contribution in [2.24, 2.45) is 0 Å². The normalized spacial score (nSPS) is 10.5. The molecule has 0 radical (unpaired) electrons. The zero-order valence-electron chi connectivity index (χ0n) is 14.5. The minimum Gasteiger partial charge on any atom is -0.460 e. The number of rotatable bonds is 7. The molecule has 138 valence electrons. The van der Waals surface area contributed by atoms with Crippen LogP contribution in [0.3, 0.4) is 0 Å². The largest absolute Gasteiger partial charge is 0.460 e. The number of esters is 1. The van der Waals surface area contributed by atoms with Crippen LogP contribution in [0.4, 0.5) is 5.69 Å². The number of anilines is 1. The molecular weight excluding hydrogens is 393 g/mol. The van der Waals surface area contributed by atoms with Crippen LogP contribution in [-0.4, -0.2) is 23.4 Å². The first-order chi connectivity index (χ1) is 12.3. The summed E-state index contributed by atoms with van der Waals surface area (Å²) in [6.45, 7) is 4.01. The first kappa shape index (κ1) is 20.6. The molecule has 7 heteroatoms. The number of hydrogen-bond donors (Lipinski definition) is 1. The van der Waals surface area contributed by atoms with Crippen molar-refractivity contribution >= 4 is 52.5 Å². The molecule has 4 nitrogen and oxygen atoms in total. The summed E-state index contributed by atoms with van der Waals surface area (Å²) < 4.78 is 5.16. The average Bonchev–Trinajstić information content (AvgIpc) is 2.56. The third-order valence-corrected chi connectivity index (χ3v) is 5.01. The maximum Gasteiger partial charge on any atom is 0.316 e. The Morgan fingerprint density at radius 3 is 2.54 bits per heavy atom. The lowest BCUT2D eigenvalue weighted by Crippen LogP contribution is -2.17. The zero-order chi connectivity index (χ0) is 19.1. The fraction of sp³-hybridized carbons (Fsp3) is 0.263. The number of ether oxygens (including phenoxy) is 1. The second-order valence-corrected chi connectivity index (χ2v) is 7.59. The zero-order valence-corrected chi connectivity index (χ0v) is 16.8. The standard InChI is InChI=1S/C19H19Cl2NO3S/c1-12-3-6-17(13(2)7-12)22-18(23)10-26-11-19(24)25-9-14-4-5-15(20)8-16(14)21/h3-8H,9-11H2,1-2H3,(H,22,23). The van der Waals surface area contributed by atoms with Gasteiger partial charge in [0, 0.05) is 21.3 Å². The number of hydrogen-bond acceptors (Lipinski definition) is 4. The van der Waals surface area contributed by atoms with Gasteiger partial charge in [0.25, 0.3) is 0 Å². The van der Waals surface area contributed by atoms with E-state index in [4.69, 9.17) is 27.9 Å². The highest BCUT2D eigenvalue weighted by atomic mass is 35.5. The molecule has 2 aromatic rings. The summed E-state index contributed by atoms with van der Waals surface area (Å²) in [6, 6.07) is 10.8. The molecule has 0 heterocycles. The van der Waals surface area contributed by atoms with Crippen molar-refractivity contribution in [3.8, 4) is 0 Å². The SMILES string of the molecule is Cc1ccc(NC(=O)CSCC(=O)OCc2ccc(Cl)cc2Cl)c(C)c1. The number of carbonyl (C=O) groups excluding carboxylic acids is 2. The molecule has 0 bridgehead atoms. The molecule has 0 saturated heterocycles. The van der Waals surface area contributed by atoms with Gasteiger partial charge in [0.2, 0.25) is 5.91 Å². The molecule has 0 atom stereocenters. The van der Waals surface area contributed by atoms with E-state index >= 15 is 0 Å². The third kappa shape index (κ3) is 6.56. The molecule has 2 aromatic carbocycles. The smallest absolute Gasteiger partial charge is 0.316 e. The van der Waals surface area contributed by atoms with E-state index in [0.29, 0.717) is 15.6 Å². The fourth-order valence-corrected chi connectivity index (χ4v) is 3.28. The molecule has 0 aromatic heterocycles. The number of amides is 1. The van der Waals surface area contributed by atoms with Gasteiger partial charge in [-0.05, 0) is 37.6 Å². The molecule has 0 aliphatic heterocycles. The molecule has 26 heavy (non-hydrogen) atoms. The summed E-state index contributed by atoms with van der Waals surface area (Å²) in [4.78, 5) is 23.8. The molecule has 0 saturated carbocycles. The van der Waals surface area contributed by atoms with Crippen LogP contribution >= 0.6 is 35.0 Å². The van der Waals surface area contributed by atoms with Crippen molar-refractivity contribution in [1.82, 2.24) is 0 Å². The molecule has 0 aliphatic carbocycles. The van der Waals surface area contributed by atoms with E-state index in [-0.39, 0.29) is 24.0 Å². The highest BCUT2D eigenvalue weighted by Gasteiger charge is 2.10. The van der Waals surface area contributed by atoms with Gasteiger partial charge < -0.3 is 10.1 Å². The van der Waals surface area contributed by atoms with Gasteiger partial charge in [-0.3, -0.25) is 9.59 Å². The van der Waals surface area contributed by atoms with Crippen LogP contribution in [-0.2, 0) is 20.9 Å². The monoisotopic (exact) mass is 411 g/mol. The number of nitrogens with one attached hydrogen (secondary N) is 1. The van der Waals surface area contributed by atoms with Crippen molar-refractivity contribution < 1.29 is 14.3 Å². The van der Waals surface area contributed by atoms with Crippen molar-refractivity contribution in [3.63, 3.8) is 0 Å². The van der Waals surface area contributed by atoms with E-state index in [9.17, 15) is 9.59 Å². The van der Waals surface area contributed by atoms with Gasteiger partial charge in [0.05, 0.1) is 11.5 Å². The Kier molecular flexibility index (Phi) is 7.82. The number of benzene rings is 2. The minimum atomic E-state index is -0.402. The lowest BCUT2D eigenvalue weighted by atomic mass is 10.1. The first-order valence-corrected chi connectivity index (χ1v) is 9.80. The van der Waals surface area contributed by atoms with Crippen molar-refractivity contribution in [2.45, 2.75) is 20.5 Å². The van der Waals surface area contributed by atoms with Gasteiger partial charge in [-0.15, -0.1) is 11.8 Å². The van der Waals surface area contributed by atoms with Crippen LogP contribution in [0.5, 0.6) is 0 Å². The first-order valence-electron chi connectivity index (χ1n) is 7.89. The molecule has 0 fully saturated rings. The Bertz CT molecular complexity index is 811. The Labute approximate surface area is 167 Å². The van der Waals surface area contributed by atoms with Gasteiger partial charge >= 0.3 is 5.97 Å². The summed E-state index contributed by atoms with van der Waals surface area (Å²) in [6.07, 6.45) is 0. The van der Waals surface area contributed by atoms with Gasteiger partial charge in [-0.1, -0.05) is 47.0 Å². The van der Waals surface area contributed by atoms with Gasteiger partial charge in [-0.2, -0.15) is 0 Å². The Morgan fingerprint density at radius 2 is 1.85 bits per heavy atom. The number of carbonyl (C=O) groups is 2. The van der Waals surface area contributed by atoms with Crippen LogP contribution < -0.4 is 5.32 Å². The lowest BCUT2D eigenvalue weighted by Gasteiger charge is -2.09. The third-order valence-electron chi connectivity index (χ3n) is 3.51. The Morgan fingerprint density at radius 1 is 1.08 bits per heavy atom. The van der Waals surface area contributed by atoms with E-state index < -0.39 is 5.97 Å². The van der Waals surface area contributed by atoms with Crippen LogP contribution in [0.1, 0.15) is 16.7 Å². The average molecular weight is 412 g/mol. The molecule has 1 N–H and O–H groups in total. The summed E-state index contributed by atoms with van der Waals surface area (Å²) in [7, 11) is 0. The van der Waals surface area contributed by atoms with E-state index in [0.717, 1.165) is 16.8 Å².